The third kappa shape index (κ3) is 3.27. The predicted octanol–water partition coefficient (Wildman–Crippen LogP) is 1.73. The smallest absolute Gasteiger partial charge is 0.224 e. The highest BCUT2D eigenvalue weighted by atomic mass is 16.5. The van der Waals surface area contributed by atoms with Crippen molar-refractivity contribution >= 4 is 5.91 Å². The molecule has 1 N–H and O–H groups in total. The van der Waals surface area contributed by atoms with Crippen LogP contribution in [0.1, 0.15) is 64.2 Å². The first-order valence-electron chi connectivity index (χ1n) is 12.0. The number of aromatic nitrogens is 4. The monoisotopic (exact) mass is 414 g/mol. The van der Waals surface area contributed by atoms with Crippen molar-refractivity contribution in [2.75, 3.05) is 26.3 Å². The molecule has 4 aliphatic carbocycles. The number of nitrogens with one attached hydrogen (secondary N) is 1. The summed E-state index contributed by atoms with van der Waals surface area (Å²) >= 11 is 0. The van der Waals surface area contributed by atoms with E-state index in [0.29, 0.717) is 17.9 Å². The van der Waals surface area contributed by atoms with E-state index in [0.717, 1.165) is 84.1 Å². The summed E-state index contributed by atoms with van der Waals surface area (Å²) in [6.45, 7) is 3.77. The van der Waals surface area contributed by atoms with E-state index < -0.39 is 0 Å². The zero-order valence-electron chi connectivity index (χ0n) is 17.8. The molecule has 164 valence electrons. The van der Waals surface area contributed by atoms with Gasteiger partial charge in [-0.15, -0.1) is 10.2 Å². The van der Waals surface area contributed by atoms with Gasteiger partial charge in [0, 0.05) is 31.3 Å². The summed E-state index contributed by atoms with van der Waals surface area (Å²) in [5, 5.41) is 16.3. The number of nitrogens with zero attached hydrogens (tertiary/aromatic N) is 5. The van der Waals surface area contributed by atoms with Gasteiger partial charge in [-0.25, -0.2) is 0 Å². The molecule has 5 atom stereocenters. The van der Waals surface area contributed by atoms with E-state index in [1.807, 2.05) is 4.80 Å². The second kappa shape index (κ2) is 7.26. The molecule has 0 radical (unpaired) electrons. The number of tetrazole rings is 1. The normalized spacial score (nSPS) is 41.8. The summed E-state index contributed by atoms with van der Waals surface area (Å²) in [6, 6.07) is 0.593. The third-order valence-corrected chi connectivity index (χ3v) is 8.72. The molecule has 4 bridgehead atoms. The van der Waals surface area contributed by atoms with E-state index >= 15 is 0 Å². The van der Waals surface area contributed by atoms with E-state index in [9.17, 15) is 4.79 Å². The van der Waals surface area contributed by atoms with Crippen LogP contribution < -0.4 is 5.32 Å². The van der Waals surface area contributed by atoms with Gasteiger partial charge in [0.2, 0.25) is 5.91 Å². The van der Waals surface area contributed by atoms with Crippen molar-refractivity contribution < 1.29 is 9.53 Å². The molecular weight excluding hydrogens is 380 g/mol. The van der Waals surface area contributed by atoms with Crippen LogP contribution in [0.4, 0.5) is 0 Å². The van der Waals surface area contributed by atoms with E-state index in [1.165, 1.54) is 6.42 Å². The van der Waals surface area contributed by atoms with Gasteiger partial charge in [-0.1, -0.05) is 0 Å². The summed E-state index contributed by atoms with van der Waals surface area (Å²) in [5.74, 6) is 1.75. The first-order chi connectivity index (χ1) is 14.6. The first-order valence-corrected chi connectivity index (χ1v) is 12.0. The van der Waals surface area contributed by atoms with Crippen molar-refractivity contribution in [1.29, 1.82) is 0 Å². The van der Waals surface area contributed by atoms with Crippen molar-refractivity contribution in [3.8, 4) is 0 Å². The van der Waals surface area contributed by atoms with Crippen LogP contribution in [-0.4, -0.2) is 68.9 Å². The molecule has 30 heavy (non-hydrogen) atoms. The first kappa shape index (κ1) is 19.2. The van der Waals surface area contributed by atoms with Crippen LogP contribution in [0.5, 0.6) is 0 Å². The molecule has 6 fully saturated rings. The average Bonchev–Trinajstić information content (AvgIpc) is 3.29. The fourth-order valence-electron chi connectivity index (χ4n) is 7.94. The number of piperidine rings is 1. The highest BCUT2D eigenvalue weighted by Gasteiger charge is 2.60. The highest BCUT2D eigenvalue weighted by Crippen LogP contribution is 2.60. The number of rotatable bonds is 4. The molecular formula is C22H34N6O2. The largest absolute Gasteiger partial charge is 0.381 e. The van der Waals surface area contributed by atoms with Crippen LogP contribution in [0, 0.1) is 17.8 Å². The number of carbonyl (C=O) groups excluding carboxylic acids is 1. The Hall–Kier alpha value is -1.54. The third-order valence-electron chi connectivity index (χ3n) is 8.72. The number of ether oxygens (including phenoxy) is 1. The lowest BCUT2D eigenvalue weighted by atomic mass is 9.50. The number of hydrogen-bond donors (Lipinski definition) is 1. The maximum Gasteiger partial charge on any atom is 0.224 e. The average molecular weight is 415 g/mol. The molecule has 1 amide bonds. The lowest BCUT2D eigenvalue weighted by molar-refractivity contribution is -0.137. The summed E-state index contributed by atoms with van der Waals surface area (Å²) in [7, 11) is 0. The summed E-state index contributed by atoms with van der Waals surface area (Å²) in [5.41, 5.74) is -0.121. The minimum Gasteiger partial charge on any atom is -0.381 e. The minimum absolute atomic E-state index is 0.0471. The van der Waals surface area contributed by atoms with Gasteiger partial charge in [-0.05, 0) is 87.8 Å². The van der Waals surface area contributed by atoms with Crippen molar-refractivity contribution in [2.45, 2.75) is 81.3 Å². The molecule has 3 heterocycles. The van der Waals surface area contributed by atoms with Gasteiger partial charge in [-0.3, -0.25) is 9.69 Å². The standard InChI is InChI=1S/C22H34N6O2/c29-20(18-2-1-5-27(13-18)19-3-6-30-7-4-19)25-21-9-16-8-17(10-21)12-22(11-16,14-21)28-24-15-23-26-28/h15-19H,1-14H2,(H,25,29)/t16-,17+,18-,21?,22?/m0/s1. The van der Waals surface area contributed by atoms with Crippen molar-refractivity contribution in [2.24, 2.45) is 17.8 Å². The Morgan fingerprint density at radius 3 is 2.63 bits per heavy atom. The molecule has 7 rings (SSSR count). The quantitative estimate of drug-likeness (QED) is 0.808. The Bertz CT molecular complexity index is 763. The zero-order chi connectivity index (χ0) is 20.2. The summed E-state index contributed by atoms with van der Waals surface area (Å²) < 4.78 is 5.54. The molecule has 2 aliphatic heterocycles. The fourth-order valence-corrected chi connectivity index (χ4v) is 7.94. The Morgan fingerprint density at radius 2 is 1.90 bits per heavy atom. The predicted molar refractivity (Wildman–Crippen MR) is 109 cm³/mol. The number of amides is 1. The number of carbonyl (C=O) groups is 1. The van der Waals surface area contributed by atoms with Crippen LogP contribution in [0.25, 0.3) is 0 Å². The Morgan fingerprint density at radius 1 is 1.10 bits per heavy atom. The summed E-state index contributed by atoms with van der Waals surface area (Å²) in [6.07, 6.45) is 12.7. The molecule has 1 aromatic rings. The second-order valence-electron chi connectivity index (χ2n) is 10.9. The SMILES string of the molecule is O=C(NC12C[C@H]3C[C@@H](C1)CC(n1ncnn1)(C3)C2)[C@H]1CCCN(C2CCOCC2)C1. The molecule has 8 nitrogen and oxygen atoms in total. The molecule has 2 unspecified atom stereocenters. The van der Waals surface area contributed by atoms with Crippen LogP contribution in [0.15, 0.2) is 6.33 Å². The molecule has 8 heteroatoms. The van der Waals surface area contributed by atoms with Gasteiger partial charge in [0.15, 0.2) is 6.33 Å². The lowest BCUT2D eigenvalue weighted by Gasteiger charge is -2.61. The number of hydrogen-bond acceptors (Lipinski definition) is 6. The Labute approximate surface area is 178 Å². The topological polar surface area (TPSA) is 85.2 Å². The molecule has 4 saturated carbocycles. The van der Waals surface area contributed by atoms with Gasteiger partial charge in [0.1, 0.15) is 0 Å². The fraction of sp³-hybridized carbons (Fsp3) is 0.909. The van der Waals surface area contributed by atoms with E-state index in [4.69, 9.17) is 4.74 Å². The highest BCUT2D eigenvalue weighted by molar-refractivity contribution is 5.80. The van der Waals surface area contributed by atoms with Crippen molar-refractivity contribution in [3.05, 3.63) is 6.33 Å². The molecule has 0 spiro atoms. The minimum atomic E-state index is -0.0737. The van der Waals surface area contributed by atoms with E-state index in [-0.39, 0.29) is 22.9 Å². The van der Waals surface area contributed by atoms with E-state index in [2.05, 4.69) is 25.6 Å². The van der Waals surface area contributed by atoms with Crippen molar-refractivity contribution in [1.82, 2.24) is 30.4 Å². The molecule has 0 aromatic carbocycles. The van der Waals surface area contributed by atoms with Gasteiger partial charge < -0.3 is 10.1 Å². The van der Waals surface area contributed by atoms with Gasteiger partial charge in [0.25, 0.3) is 0 Å². The Kier molecular flexibility index (Phi) is 4.64. The lowest BCUT2D eigenvalue weighted by Crippen LogP contribution is -2.67. The molecule has 6 aliphatic rings. The van der Waals surface area contributed by atoms with Crippen LogP contribution in [-0.2, 0) is 15.1 Å². The van der Waals surface area contributed by atoms with Gasteiger partial charge in [-0.2, -0.15) is 4.80 Å². The summed E-state index contributed by atoms with van der Waals surface area (Å²) in [4.78, 5) is 17.9. The maximum absolute atomic E-state index is 13.5. The zero-order valence-corrected chi connectivity index (χ0v) is 17.8. The maximum atomic E-state index is 13.5. The van der Waals surface area contributed by atoms with E-state index in [1.54, 1.807) is 6.33 Å². The van der Waals surface area contributed by atoms with Crippen LogP contribution in [0.3, 0.4) is 0 Å². The van der Waals surface area contributed by atoms with Crippen LogP contribution >= 0.6 is 0 Å². The van der Waals surface area contributed by atoms with Crippen molar-refractivity contribution in [3.63, 3.8) is 0 Å². The molecule has 2 saturated heterocycles. The van der Waals surface area contributed by atoms with Crippen LogP contribution in [0.2, 0.25) is 0 Å². The molecule has 1 aromatic heterocycles. The van der Waals surface area contributed by atoms with Gasteiger partial charge >= 0.3 is 0 Å². The second-order valence-corrected chi connectivity index (χ2v) is 10.9. The Balaban J connectivity index is 1.17. The number of likely N-dealkylation sites (tertiary alicyclic amines) is 1. The van der Waals surface area contributed by atoms with Gasteiger partial charge in [0.05, 0.1) is 11.5 Å².